The largest absolute Gasteiger partial charge is 0.385 e. The fourth-order valence-electron chi connectivity index (χ4n) is 1.30. The van der Waals surface area contributed by atoms with Gasteiger partial charge >= 0.3 is 0 Å². The Morgan fingerprint density at radius 2 is 2.25 bits per heavy atom. The van der Waals surface area contributed by atoms with Crippen molar-refractivity contribution in [2.75, 3.05) is 13.7 Å². The Labute approximate surface area is 99.8 Å². The highest BCUT2D eigenvalue weighted by molar-refractivity contribution is 7.11. The molecule has 0 aliphatic rings. The van der Waals surface area contributed by atoms with Crippen LogP contribution in [0.15, 0.2) is 0 Å². The smallest absolute Gasteiger partial charge is 0.156 e. The molecule has 16 heavy (non-hydrogen) atoms. The van der Waals surface area contributed by atoms with Gasteiger partial charge in [0.1, 0.15) is 5.01 Å². The Hall–Kier alpha value is -0.780. The summed E-state index contributed by atoms with van der Waals surface area (Å²) in [6.07, 6.45) is 0.906. The third-order valence-electron chi connectivity index (χ3n) is 2.44. The van der Waals surface area contributed by atoms with Gasteiger partial charge in [0.25, 0.3) is 0 Å². The molecule has 1 rings (SSSR count). The summed E-state index contributed by atoms with van der Waals surface area (Å²) in [5, 5.41) is 0.855. The summed E-state index contributed by atoms with van der Waals surface area (Å²) in [7, 11) is 1.60. The Bertz CT molecular complexity index is 343. The average Bonchev–Trinajstić information content (AvgIpc) is 2.54. The van der Waals surface area contributed by atoms with E-state index in [-0.39, 0.29) is 5.78 Å². The Morgan fingerprint density at radius 3 is 2.75 bits per heavy atom. The number of ketones is 1. The van der Waals surface area contributed by atoms with E-state index in [1.807, 2.05) is 13.8 Å². The second-order valence-electron chi connectivity index (χ2n) is 3.78. The maximum atomic E-state index is 11.7. The molecule has 4 nitrogen and oxygen atoms in total. The highest BCUT2D eigenvalue weighted by atomic mass is 32.1. The number of rotatable bonds is 6. The molecule has 0 fully saturated rings. The number of nitrogens with zero attached hydrogens (tertiary/aromatic N) is 1. The number of aromatic nitrogens is 1. The second-order valence-corrected chi connectivity index (χ2v) is 5.07. The Balaban J connectivity index is 2.50. The van der Waals surface area contributed by atoms with Crippen LogP contribution in [0, 0.1) is 13.8 Å². The first-order chi connectivity index (χ1) is 7.54. The molecule has 0 saturated carbocycles. The van der Waals surface area contributed by atoms with Gasteiger partial charge in [0.2, 0.25) is 0 Å². The molecule has 1 unspecified atom stereocenters. The third kappa shape index (κ3) is 3.66. The van der Waals surface area contributed by atoms with Crippen molar-refractivity contribution in [3.05, 3.63) is 15.6 Å². The molecule has 0 spiro atoms. The minimum atomic E-state index is -0.440. The molecule has 0 amide bonds. The van der Waals surface area contributed by atoms with E-state index in [9.17, 15) is 4.79 Å². The maximum absolute atomic E-state index is 11.7. The molecule has 1 aromatic rings. The molecular formula is C11H18N2O2S. The SMILES string of the molecule is COCCC(N)C(=O)Cc1nc(C)c(C)s1. The molecule has 0 aromatic carbocycles. The van der Waals surface area contributed by atoms with Crippen LogP contribution in [0.2, 0.25) is 0 Å². The van der Waals surface area contributed by atoms with E-state index in [2.05, 4.69) is 4.98 Å². The van der Waals surface area contributed by atoms with Gasteiger partial charge in [0.15, 0.2) is 5.78 Å². The molecule has 0 radical (unpaired) electrons. The van der Waals surface area contributed by atoms with Gasteiger partial charge in [0.05, 0.1) is 18.2 Å². The van der Waals surface area contributed by atoms with Crippen LogP contribution in [0.1, 0.15) is 22.0 Å². The monoisotopic (exact) mass is 242 g/mol. The van der Waals surface area contributed by atoms with Crippen LogP contribution in [-0.4, -0.2) is 30.5 Å². The Kier molecular flexibility index (Phi) is 5.05. The van der Waals surface area contributed by atoms with Crippen molar-refractivity contribution in [3.8, 4) is 0 Å². The van der Waals surface area contributed by atoms with Crippen LogP contribution < -0.4 is 5.73 Å². The number of Topliss-reactive ketones (excluding diaryl/α,β-unsaturated/α-hetero) is 1. The number of hydrogen-bond donors (Lipinski definition) is 1. The van der Waals surface area contributed by atoms with Crippen molar-refractivity contribution in [3.63, 3.8) is 0 Å². The average molecular weight is 242 g/mol. The standard InChI is InChI=1S/C11H18N2O2S/c1-7-8(2)16-11(13-7)6-10(14)9(12)4-5-15-3/h9H,4-6,12H2,1-3H3. The summed E-state index contributed by atoms with van der Waals surface area (Å²) in [5.74, 6) is 0.0331. The van der Waals surface area contributed by atoms with E-state index in [1.54, 1.807) is 18.4 Å². The second kappa shape index (κ2) is 6.08. The van der Waals surface area contributed by atoms with Gasteiger partial charge in [-0.2, -0.15) is 0 Å². The zero-order chi connectivity index (χ0) is 12.1. The molecule has 1 aromatic heterocycles. The van der Waals surface area contributed by atoms with Crippen LogP contribution in [0.4, 0.5) is 0 Å². The van der Waals surface area contributed by atoms with Crippen LogP contribution in [0.3, 0.4) is 0 Å². The van der Waals surface area contributed by atoms with Gasteiger partial charge in [-0.1, -0.05) is 0 Å². The zero-order valence-corrected chi connectivity index (χ0v) is 10.8. The number of carbonyl (C=O) groups excluding carboxylic acids is 1. The van der Waals surface area contributed by atoms with Gasteiger partial charge in [-0.05, 0) is 20.3 Å². The fourth-order valence-corrected chi connectivity index (χ4v) is 2.24. The first-order valence-electron chi connectivity index (χ1n) is 5.24. The fraction of sp³-hybridized carbons (Fsp3) is 0.636. The van der Waals surface area contributed by atoms with Crippen LogP contribution in [0.5, 0.6) is 0 Å². The lowest BCUT2D eigenvalue weighted by Gasteiger charge is -2.08. The van der Waals surface area contributed by atoms with E-state index in [0.29, 0.717) is 19.4 Å². The Morgan fingerprint density at radius 1 is 1.56 bits per heavy atom. The summed E-state index contributed by atoms with van der Waals surface area (Å²) in [6, 6.07) is -0.440. The minimum absolute atomic E-state index is 0.0331. The highest BCUT2D eigenvalue weighted by Gasteiger charge is 2.16. The van der Waals surface area contributed by atoms with Crippen molar-refractivity contribution in [2.24, 2.45) is 5.73 Å². The van der Waals surface area contributed by atoms with E-state index in [4.69, 9.17) is 10.5 Å². The summed E-state index contributed by atoms with van der Waals surface area (Å²) in [4.78, 5) is 17.2. The molecule has 5 heteroatoms. The van der Waals surface area contributed by atoms with Crippen molar-refractivity contribution < 1.29 is 9.53 Å². The number of carbonyl (C=O) groups is 1. The molecule has 2 N–H and O–H groups in total. The first kappa shape index (κ1) is 13.3. The predicted octanol–water partition coefficient (Wildman–Crippen LogP) is 1.24. The lowest BCUT2D eigenvalue weighted by molar-refractivity contribution is -0.120. The van der Waals surface area contributed by atoms with Crippen molar-refractivity contribution >= 4 is 17.1 Å². The number of hydrogen-bond acceptors (Lipinski definition) is 5. The number of ether oxygens (including phenoxy) is 1. The van der Waals surface area contributed by atoms with E-state index in [0.717, 1.165) is 15.6 Å². The minimum Gasteiger partial charge on any atom is -0.385 e. The van der Waals surface area contributed by atoms with Crippen molar-refractivity contribution in [2.45, 2.75) is 32.7 Å². The lowest BCUT2D eigenvalue weighted by Crippen LogP contribution is -2.32. The van der Waals surface area contributed by atoms with Gasteiger partial charge in [-0.15, -0.1) is 11.3 Å². The predicted molar refractivity (Wildman–Crippen MR) is 64.8 cm³/mol. The molecular weight excluding hydrogens is 224 g/mol. The highest BCUT2D eigenvalue weighted by Crippen LogP contribution is 2.17. The molecule has 0 aliphatic heterocycles. The molecule has 90 valence electrons. The number of methoxy groups -OCH3 is 1. The quantitative estimate of drug-likeness (QED) is 0.815. The van der Waals surface area contributed by atoms with Crippen molar-refractivity contribution in [1.29, 1.82) is 0 Å². The summed E-state index contributed by atoms with van der Waals surface area (Å²) < 4.78 is 4.89. The third-order valence-corrected chi connectivity index (χ3v) is 3.52. The number of aryl methyl sites for hydroxylation is 2. The molecule has 0 saturated heterocycles. The van der Waals surface area contributed by atoms with Gasteiger partial charge < -0.3 is 10.5 Å². The molecule has 0 aliphatic carbocycles. The number of nitrogens with two attached hydrogens (primary N) is 1. The van der Waals surface area contributed by atoms with Crippen LogP contribution >= 0.6 is 11.3 Å². The van der Waals surface area contributed by atoms with Crippen molar-refractivity contribution in [1.82, 2.24) is 4.98 Å². The van der Waals surface area contributed by atoms with Crippen LogP contribution in [-0.2, 0) is 16.0 Å². The topological polar surface area (TPSA) is 65.2 Å². The normalized spacial score (nSPS) is 12.8. The van der Waals surface area contributed by atoms with E-state index < -0.39 is 6.04 Å². The van der Waals surface area contributed by atoms with Crippen LogP contribution in [0.25, 0.3) is 0 Å². The first-order valence-corrected chi connectivity index (χ1v) is 6.06. The maximum Gasteiger partial charge on any atom is 0.156 e. The zero-order valence-electron chi connectivity index (χ0n) is 9.95. The summed E-state index contributed by atoms with van der Waals surface area (Å²) in [6.45, 7) is 4.47. The lowest BCUT2D eigenvalue weighted by atomic mass is 10.1. The summed E-state index contributed by atoms with van der Waals surface area (Å²) in [5.41, 5.74) is 6.74. The van der Waals surface area contributed by atoms with E-state index >= 15 is 0 Å². The molecule has 1 heterocycles. The van der Waals surface area contributed by atoms with Gasteiger partial charge in [-0.25, -0.2) is 4.98 Å². The number of thiazole rings is 1. The molecule has 0 bridgehead atoms. The summed E-state index contributed by atoms with van der Waals surface area (Å²) >= 11 is 1.57. The van der Waals surface area contributed by atoms with E-state index in [1.165, 1.54) is 0 Å². The van der Waals surface area contributed by atoms with Gasteiger partial charge in [-0.3, -0.25) is 4.79 Å². The molecule has 1 atom stereocenters. The van der Waals surface area contributed by atoms with Gasteiger partial charge in [0, 0.05) is 18.6 Å².